The van der Waals surface area contributed by atoms with Crippen molar-refractivity contribution < 1.29 is 9.72 Å². The second kappa shape index (κ2) is 9.43. The number of carbonyl (C=O) groups excluding carboxylic acids is 1. The molecule has 0 atom stereocenters. The number of thiophene rings is 1. The maximum absolute atomic E-state index is 12.4. The minimum Gasteiger partial charge on any atom is -0.350 e. The molecule has 0 aliphatic rings. The van der Waals surface area contributed by atoms with Crippen LogP contribution in [0.25, 0.3) is 20.5 Å². The summed E-state index contributed by atoms with van der Waals surface area (Å²) in [5.41, 5.74) is 1.71. The Balaban J connectivity index is 1.47. The summed E-state index contributed by atoms with van der Waals surface area (Å²) in [5, 5.41) is 21.1. The number of nitro groups is 1. The molecule has 33 heavy (non-hydrogen) atoms. The molecule has 0 fully saturated rings. The predicted molar refractivity (Wildman–Crippen MR) is 128 cm³/mol. The summed E-state index contributed by atoms with van der Waals surface area (Å²) in [6.07, 6.45) is 0. The summed E-state index contributed by atoms with van der Waals surface area (Å²) in [6.45, 7) is 3.81. The fourth-order valence-electron chi connectivity index (χ4n) is 3.19. The lowest BCUT2D eigenvalue weighted by Gasteiger charge is -2.08. The van der Waals surface area contributed by atoms with E-state index in [9.17, 15) is 19.7 Å². The van der Waals surface area contributed by atoms with E-state index in [4.69, 9.17) is 0 Å². The Morgan fingerprint density at radius 2 is 2.03 bits per heavy atom. The molecule has 11 heteroatoms. The lowest BCUT2D eigenvalue weighted by Crippen LogP contribution is -2.32. The minimum absolute atomic E-state index is 0.116. The number of thiazole rings is 1. The summed E-state index contributed by atoms with van der Waals surface area (Å²) in [4.78, 5) is 41.8. The van der Waals surface area contributed by atoms with Gasteiger partial charge in [-0.2, -0.15) is 5.10 Å². The van der Waals surface area contributed by atoms with Crippen LogP contribution in [0.2, 0.25) is 0 Å². The van der Waals surface area contributed by atoms with E-state index in [0.717, 1.165) is 20.5 Å². The van der Waals surface area contributed by atoms with Crippen molar-refractivity contribution in [2.75, 3.05) is 6.54 Å². The monoisotopic (exact) mass is 481 g/mol. The zero-order valence-electron chi connectivity index (χ0n) is 17.8. The summed E-state index contributed by atoms with van der Waals surface area (Å²) < 4.78 is 1.29. The third kappa shape index (κ3) is 4.89. The second-order valence-electron chi connectivity index (χ2n) is 7.21. The van der Waals surface area contributed by atoms with Gasteiger partial charge >= 0.3 is 0 Å². The topological polar surface area (TPSA) is 120 Å². The van der Waals surface area contributed by atoms with Gasteiger partial charge in [0.25, 0.3) is 17.2 Å². The molecule has 1 aromatic carbocycles. The average Bonchev–Trinajstić information content (AvgIpc) is 3.45. The number of aromatic nitrogens is 3. The smallest absolute Gasteiger partial charge is 0.273 e. The van der Waals surface area contributed by atoms with Crippen LogP contribution in [-0.2, 0) is 6.54 Å². The normalized spacial score (nSPS) is 10.8. The van der Waals surface area contributed by atoms with Crippen molar-refractivity contribution in [1.29, 1.82) is 0 Å². The largest absolute Gasteiger partial charge is 0.350 e. The van der Waals surface area contributed by atoms with Gasteiger partial charge < -0.3 is 5.32 Å². The number of benzene rings is 1. The predicted octanol–water partition coefficient (Wildman–Crippen LogP) is 4.05. The van der Waals surface area contributed by atoms with Gasteiger partial charge in [0.05, 0.1) is 26.9 Å². The number of hydrogen-bond acceptors (Lipinski definition) is 8. The van der Waals surface area contributed by atoms with E-state index in [-0.39, 0.29) is 29.9 Å². The van der Waals surface area contributed by atoms with Gasteiger partial charge in [0.15, 0.2) is 0 Å². The zero-order chi connectivity index (χ0) is 23.5. The van der Waals surface area contributed by atoms with E-state index in [1.54, 1.807) is 24.3 Å². The maximum Gasteiger partial charge on any atom is 0.273 e. The molecule has 0 aliphatic carbocycles. The Morgan fingerprint density at radius 3 is 2.76 bits per heavy atom. The molecule has 3 heterocycles. The summed E-state index contributed by atoms with van der Waals surface area (Å²) in [6, 6.07) is 11.4. The molecule has 0 unspecified atom stereocenters. The van der Waals surface area contributed by atoms with E-state index in [2.05, 4.69) is 15.4 Å². The molecule has 0 saturated heterocycles. The quantitative estimate of drug-likeness (QED) is 0.314. The molecular formula is C22H19N5O4S2. The first kappa shape index (κ1) is 22.5. The molecule has 168 valence electrons. The van der Waals surface area contributed by atoms with Crippen molar-refractivity contribution in [1.82, 2.24) is 20.1 Å². The lowest BCUT2D eigenvalue weighted by molar-refractivity contribution is -0.385. The van der Waals surface area contributed by atoms with E-state index in [0.29, 0.717) is 11.3 Å². The first-order valence-corrected chi connectivity index (χ1v) is 11.7. The van der Waals surface area contributed by atoms with Crippen LogP contribution in [0.3, 0.4) is 0 Å². The SMILES string of the molecule is Cc1ccc(C(=O)NCCn2nc(-c3sc(-c4cccs4)nc3C)ccc2=O)cc1[N+](=O)[O-]. The third-order valence-electron chi connectivity index (χ3n) is 4.91. The minimum atomic E-state index is -0.521. The molecular weight excluding hydrogens is 462 g/mol. The lowest BCUT2D eigenvalue weighted by atomic mass is 10.1. The molecule has 1 amide bonds. The Bertz CT molecular complexity index is 1390. The number of amides is 1. The van der Waals surface area contributed by atoms with Crippen molar-refractivity contribution in [3.8, 4) is 20.5 Å². The van der Waals surface area contributed by atoms with Crippen LogP contribution in [0.5, 0.6) is 0 Å². The standard InChI is InChI=1S/C22H19N5O4S2/c1-13-5-6-15(12-17(13)27(30)31)21(29)23-9-10-26-19(28)8-7-16(25-26)20-14(2)24-22(33-20)18-4-3-11-32-18/h3-8,11-12H,9-10H2,1-2H3,(H,23,29). The van der Waals surface area contributed by atoms with Gasteiger partial charge in [-0.05, 0) is 37.4 Å². The highest BCUT2D eigenvalue weighted by Crippen LogP contribution is 2.35. The Kier molecular flexibility index (Phi) is 6.43. The van der Waals surface area contributed by atoms with Crippen LogP contribution < -0.4 is 10.9 Å². The summed E-state index contributed by atoms with van der Waals surface area (Å²) in [7, 11) is 0. The molecule has 0 aliphatic heterocycles. The van der Waals surface area contributed by atoms with Crippen molar-refractivity contribution in [3.63, 3.8) is 0 Å². The van der Waals surface area contributed by atoms with Crippen molar-refractivity contribution in [3.05, 3.63) is 85.1 Å². The van der Waals surface area contributed by atoms with Gasteiger partial charge in [0.1, 0.15) is 10.7 Å². The number of hydrogen-bond donors (Lipinski definition) is 1. The molecule has 0 radical (unpaired) electrons. The number of aryl methyl sites for hydroxylation is 2. The molecule has 1 N–H and O–H groups in total. The van der Waals surface area contributed by atoms with Crippen LogP contribution in [0.1, 0.15) is 21.6 Å². The average molecular weight is 482 g/mol. The van der Waals surface area contributed by atoms with Gasteiger partial charge in [0, 0.05) is 29.8 Å². The van der Waals surface area contributed by atoms with Crippen LogP contribution >= 0.6 is 22.7 Å². The number of carbonyl (C=O) groups is 1. The van der Waals surface area contributed by atoms with Crippen molar-refractivity contribution in [2.24, 2.45) is 0 Å². The van der Waals surface area contributed by atoms with Crippen molar-refractivity contribution in [2.45, 2.75) is 20.4 Å². The first-order chi connectivity index (χ1) is 15.8. The number of nitrogens with one attached hydrogen (secondary N) is 1. The van der Waals surface area contributed by atoms with E-state index in [1.807, 2.05) is 24.4 Å². The molecule has 0 saturated carbocycles. The van der Waals surface area contributed by atoms with E-state index < -0.39 is 10.8 Å². The highest BCUT2D eigenvalue weighted by Gasteiger charge is 2.16. The summed E-state index contributed by atoms with van der Waals surface area (Å²) >= 11 is 3.12. The Morgan fingerprint density at radius 1 is 1.21 bits per heavy atom. The molecule has 0 spiro atoms. The zero-order valence-corrected chi connectivity index (χ0v) is 19.4. The van der Waals surface area contributed by atoms with Gasteiger partial charge in [-0.25, -0.2) is 9.67 Å². The van der Waals surface area contributed by atoms with Gasteiger partial charge in [0.2, 0.25) is 0 Å². The highest BCUT2D eigenvalue weighted by molar-refractivity contribution is 7.23. The number of nitro benzene ring substituents is 1. The third-order valence-corrected chi connectivity index (χ3v) is 7.12. The fraction of sp³-hybridized carbons (Fsp3) is 0.182. The van der Waals surface area contributed by atoms with Crippen LogP contribution in [-0.4, -0.2) is 32.1 Å². The molecule has 4 rings (SSSR count). The molecule has 3 aromatic heterocycles. The van der Waals surface area contributed by atoms with E-state index in [1.165, 1.54) is 40.3 Å². The first-order valence-electron chi connectivity index (χ1n) is 9.96. The molecule has 9 nitrogen and oxygen atoms in total. The Labute approximate surface area is 196 Å². The van der Waals surface area contributed by atoms with Crippen LogP contribution in [0.15, 0.2) is 52.6 Å². The number of nitrogens with zero attached hydrogens (tertiary/aromatic N) is 4. The Hall–Kier alpha value is -3.70. The number of rotatable bonds is 7. The van der Waals surface area contributed by atoms with Crippen molar-refractivity contribution >= 4 is 34.3 Å². The van der Waals surface area contributed by atoms with Gasteiger partial charge in [-0.15, -0.1) is 22.7 Å². The molecule has 4 aromatic rings. The van der Waals surface area contributed by atoms with Crippen LogP contribution in [0.4, 0.5) is 5.69 Å². The van der Waals surface area contributed by atoms with Crippen LogP contribution in [0, 0.1) is 24.0 Å². The highest BCUT2D eigenvalue weighted by atomic mass is 32.1. The fourth-order valence-corrected chi connectivity index (χ4v) is 5.02. The molecule has 0 bridgehead atoms. The van der Waals surface area contributed by atoms with Gasteiger partial charge in [-0.3, -0.25) is 19.7 Å². The van der Waals surface area contributed by atoms with Gasteiger partial charge in [-0.1, -0.05) is 12.1 Å². The maximum atomic E-state index is 12.4. The summed E-state index contributed by atoms with van der Waals surface area (Å²) in [5.74, 6) is -0.457. The van der Waals surface area contributed by atoms with E-state index >= 15 is 0 Å². The second-order valence-corrected chi connectivity index (χ2v) is 9.15.